The minimum absolute atomic E-state index is 0.0142. The number of esters is 1. The van der Waals surface area contributed by atoms with E-state index in [-0.39, 0.29) is 19.1 Å². The van der Waals surface area contributed by atoms with Gasteiger partial charge in [0.15, 0.2) is 6.61 Å². The van der Waals surface area contributed by atoms with E-state index in [1.807, 2.05) is 39.0 Å². The quantitative estimate of drug-likeness (QED) is 0.708. The molecule has 0 saturated heterocycles. The summed E-state index contributed by atoms with van der Waals surface area (Å²) in [6.45, 7) is 5.32. The lowest BCUT2D eigenvalue weighted by atomic mass is 10.2. The van der Waals surface area contributed by atoms with Crippen molar-refractivity contribution >= 4 is 17.9 Å². The molecule has 3 amide bonds. The average molecular weight is 336 g/mol. The monoisotopic (exact) mass is 336 g/mol. The Labute approximate surface area is 141 Å². The molecule has 0 aliphatic carbocycles. The zero-order valence-corrected chi connectivity index (χ0v) is 14.3. The Balaban J connectivity index is 2.19. The van der Waals surface area contributed by atoms with Crippen molar-refractivity contribution in [3.63, 3.8) is 0 Å². The predicted molar refractivity (Wildman–Crippen MR) is 88.7 cm³/mol. The summed E-state index contributed by atoms with van der Waals surface area (Å²) in [4.78, 5) is 34.4. The van der Waals surface area contributed by atoms with Gasteiger partial charge in [0.05, 0.1) is 13.0 Å². The standard InChI is InChI=1S/C17H24N2O5/c1-4-13(3)18-17(22)19-15(20)11-24-16(21)8-9-23-14-7-5-6-12(2)10-14/h5-7,10,13H,4,8-9,11H2,1-3H3,(H2,18,19,20,22)/t13-/m0/s1. The lowest BCUT2D eigenvalue weighted by Gasteiger charge is -2.12. The van der Waals surface area contributed by atoms with Crippen molar-refractivity contribution < 1.29 is 23.9 Å². The molecule has 1 aromatic carbocycles. The fourth-order valence-corrected chi connectivity index (χ4v) is 1.70. The first kappa shape index (κ1) is 19.5. The molecule has 0 spiro atoms. The summed E-state index contributed by atoms with van der Waals surface area (Å²) in [5.74, 6) is -0.578. The molecule has 0 bridgehead atoms. The Hall–Kier alpha value is -2.57. The molecule has 0 fully saturated rings. The van der Waals surface area contributed by atoms with Gasteiger partial charge in [-0.15, -0.1) is 0 Å². The summed E-state index contributed by atoms with van der Waals surface area (Å²) in [6, 6.07) is 6.80. The molecule has 0 heterocycles. The van der Waals surface area contributed by atoms with Crippen molar-refractivity contribution in [1.82, 2.24) is 10.6 Å². The van der Waals surface area contributed by atoms with Gasteiger partial charge in [-0.3, -0.25) is 14.9 Å². The molecule has 0 unspecified atom stereocenters. The highest BCUT2D eigenvalue weighted by molar-refractivity contribution is 5.95. The summed E-state index contributed by atoms with van der Waals surface area (Å²) in [5, 5.41) is 4.66. The number of benzene rings is 1. The van der Waals surface area contributed by atoms with E-state index in [4.69, 9.17) is 9.47 Å². The Morgan fingerprint density at radius 1 is 1.25 bits per heavy atom. The van der Waals surface area contributed by atoms with Crippen molar-refractivity contribution in [1.29, 1.82) is 0 Å². The van der Waals surface area contributed by atoms with Crippen LogP contribution in [-0.4, -0.2) is 37.2 Å². The van der Waals surface area contributed by atoms with E-state index >= 15 is 0 Å². The third-order valence-electron chi connectivity index (χ3n) is 3.17. The molecule has 2 N–H and O–H groups in total. The van der Waals surface area contributed by atoms with Crippen LogP contribution in [0.4, 0.5) is 4.79 Å². The van der Waals surface area contributed by atoms with Crippen LogP contribution in [0.15, 0.2) is 24.3 Å². The molecule has 0 aliphatic rings. The molecule has 1 aromatic rings. The van der Waals surface area contributed by atoms with Crippen LogP contribution in [0.25, 0.3) is 0 Å². The van der Waals surface area contributed by atoms with Gasteiger partial charge in [0.25, 0.3) is 5.91 Å². The van der Waals surface area contributed by atoms with Crippen LogP contribution in [0, 0.1) is 6.92 Å². The number of rotatable bonds is 8. The maximum Gasteiger partial charge on any atom is 0.321 e. The number of imide groups is 1. The zero-order valence-electron chi connectivity index (χ0n) is 14.3. The number of amides is 3. The Morgan fingerprint density at radius 2 is 2.00 bits per heavy atom. The molecule has 0 radical (unpaired) electrons. The van der Waals surface area contributed by atoms with E-state index < -0.39 is 24.5 Å². The second kappa shape index (κ2) is 10.3. The second-order valence-corrected chi connectivity index (χ2v) is 5.41. The lowest BCUT2D eigenvalue weighted by Crippen LogP contribution is -2.44. The number of hydrogen-bond donors (Lipinski definition) is 2. The highest BCUT2D eigenvalue weighted by atomic mass is 16.5. The van der Waals surface area contributed by atoms with Crippen molar-refractivity contribution in [2.75, 3.05) is 13.2 Å². The SMILES string of the molecule is CC[C@H](C)NC(=O)NC(=O)COC(=O)CCOc1cccc(C)c1. The molecule has 24 heavy (non-hydrogen) atoms. The number of ether oxygens (including phenoxy) is 2. The van der Waals surface area contributed by atoms with Gasteiger partial charge in [-0.1, -0.05) is 19.1 Å². The average Bonchev–Trinajstić information content (AvgIpc) is 2.52. The van der Waals surface area contributed by atoms with E-state index in [0.717, 1.165) is 12.0 Å². The maximum atomic E-state index is 11.5. The van der Waals surface area contributed by atoms with Gasteiger partial charge < -0.3 is 14.8 Å². The molecular formula is C17H24N2O5. The summed E-state index contributed by atoms with van der Waals surface area (Å²) in [6.07, 6.45) is 0.762. The van der Waals surface area contributed by atoms with Gasteiger partial charge in [-0.2, -0.15) is 0 Å². The van der Waals surface area contributed by atoms with Crippen LogP contribution < -0.4 is 15.4 Å². The Morgan fingerprint density at radius 3 is 2.67 bits per heavy atom. The maximum absolute atomic E-state index is 11.5. The van der Waals surface area contributed by atoms with Crippen LogP contribution in [0.2, 0.25) is 0 Å². The van der Waals surface area contributed by atoms with Gasteiger partial charge in [-0.05, 0) is 38.0 Å². The van der Waals surface area contributed by atoms with Crippen molar-refractivity contribution in [3.8, 4) is 5.75 Å². The molecule has 7 nitrogen and oxygen atoms in total. The van der Waals surface area contributed by atoms with Crippen LogP contribution in [-0.2, 0) is 14.3 Å². The van der Waals surface area contributed by atoms with Crippen LogP contribution >= 0.6 is 0 Å². The lowest BCUT2D eigenvalue weighted by molar-refractivity contribution is -0.148. The summed E-state index contributed by atoms with van der Waals surface area (Å²) in [7, 11) is 0. The molecule has 0 saturated carbocycles. The fraction of sp³-hybridized carbons (Fsp3) is 0.471. The van der Waals surface area contributed by atoms with E-state index in [2.05, 4.69) is 10.6 Å². The molecule has 7 heteroatoms. The van der Waals surface area contributed by atoms with E-state index in [1.165, 1.54) is 0 Å². The number of carbonyl (C=O) groups excluding carboxylic acids is 3. The number of hydrogen-bond acceptors (Lipinski definition) is 5. The van der Waals surface area contributed by atoms with Gasteiger partial charge in [0.1, 0.15) is 5.75 Å². The predicted octanol–water partition coefficient (Wildman–Crippen LogP) is 1.93. The molecule has 132 valence electrons. The van der Waals surface area contributed by atoms with Crippen molar-refractivity contribution in [2.24, 2.45) is 0 Å². The minimum Gasteiger partial charge on any atom is -0.493 e. The first-order valence-corrected chi connectivity index (χ1v) is 7.86. The molecule has 1 atom stereocenters. The first-order chi connectivity index (χ1) is 11.4. The topological polar surface area (TPSA) is 93.7 Å². The third-order valence-corrected chi connectivity index (χ3v) is 3.17. The molecule has 1 rings (SSSR count). The summed E-state index contributed by atoms with van der Waals surface area (Å²) < 4.78 is 10.2. The van der Waals surface area contributed by atoms with E-state index in [1.54, 1.807) is 6.07 Å². The second-order valence-electron chi connectivity index (χ2n) is 5.41. The fourth-order valence-electron chi connectivity index (χ4n) is 1.70. The van der Waals surface area contributed by atoms with Gasteiger partial charge in [0.2, 0.25) is 0 Å². The number of urea groups is 1. The van der Waals surface area contributed by atoms with Crippen molar-refractivity contribution in [3.05, 3.63) is 29.8 Å². The Kier molecular flexibility index (Phi) is 8.32. The highest BCUT2D eigenvalue weighted by Gasteiger charge is 2.12. The van der Waals surface area contributed by atoms with Crippen LogP contribution in [0.1, 0.15) is 32.3 Å². The third kappa shape index (κ3) is 8.17. The largest absolute Gasteiger partial charge is 0.493 e. The van der Waals surface area contributed by atoms with Gasteiger partial charge in [-0.25, -0.2) is 4.79 Å². The summed E-state index contributed by atoms with van der Waals surface area (Å²) >= 11 is 0. The number of nitrogens with one attached hydrogen (secondary N) is 2. The minimum atomic E-state index is -0.677. The molecular weight excluding hydrogens is 312 g/mol. The van der Waals surface area contributed by atoms with E-state index in [0.29, 0.717) is 5.75 Å². The molecule has 0 aromatic heterocycles. The van der Waals surface area contributed by atoms with E-state index in [9.17, 15) is 14.4 Å². The van der Waals surface area contributed by atoms with Crippen LogP contribution in [0.3, 0.4) is 0 Å². The number of carbonyl (C=O) groups is 3. The zero-order chi connectivity index (χ0) is 17.9. The first-order valence-electron chi connectivity index (χ1n) is 7.86. The van der Waals surface area contributed by atoms with Crippen LogP contribution in [0.5, 0.6) is 5.75 Å². The highest BCUT2D eigenvalue weighted by Crippen LogP contribution is 2.12. The normalized spacial score (nSPS) is 11.3. The number of aryl methyl sites for hydroxylation is 1. The van der Waals surface area contributed by atoms with Gasteiger partial charge in [0, 0.05) is 6.04 Å². The van der Waals surface area contributed by atoms with Crippen molar-refractivity contribution in [2.45, 2.75) is 39.7 Å². The smallest absolute Gasteiger partial charge is 0.321 e. The Bertz CT molecular complexity index is 574. The summed E-state index contributed by atoms with van der Waals surface area (Å²) in [5.41, 5.74) is 1.06. The van der Waals surface area contributed by atoms with Gasteiger partial charge >= 0.3 is 12.0 Å². The molecule has 0 aliphatic heterocycles.